The van der Waals surface area contributed by atoms with Gasteiger partial charge in [-0.25, -0.2) is 8.78 Å². The molecule has 1 unspecified atom stereocenters. The number of allylic oxidation sites excluding steroid dienone is 3. The molecular weight excluding hydrogens is 350 g/mol. The number of benzene rings is 2. The van der Waals surface area contributed by atoms with Gasteiger partial charge in [-0.05, 0) is 79.5 Å². The molecule has 28 heavy (non-hydrogen) atoms. The first-order chi connectivity index (χ1) is 13.6. The van der Waals surface area contributed by atoms with Gasteiger partial charge in [0.1, 0.15) is 0 Å². The van der Waals surface area contributed by atoms with E-state index in [1.54, 1.807) is 12.1 Å². The quantitative estimate of drug-likeness (QED) is 0.417. The molecule has 0 bridgehead atoms. The molecule has 0 amide bonds. The van der Waals surface area contributed by atoms with Gasteiger partial charge in [0, 0.05) is 5.56 Å². The van der Waals surface area contributed by atoms with Gasteiger partial charge in [-0.2, -0.15) is 0 Å². The molecule has 0 saturated heterocycles. The van der Waals surface area contributed by atoms with E-state index in [1.807, 2.05) is 13.0 Å². The minimum atomic E-state index is -0.681. The molecule has 0 spiro atoms. The van der Waals surface area contributed by atoms with E-state index < -0.39 is 11.6 Å². The molecule has 0 N–H and O–H groups in total. The maximum Gasteiger partial charge on any atom is 0.166 e. The van der Waals surface area contributed by atoms with Crippen molar-refractivity contribution in [2.75, 3.05) is 0 Å². The van der Waals surface area contributed by atoms with Crippen LogP contribution >= 0.6 is 0 Å². The van der Waals surface area contributed by atoms with Crippen molar-refractivity contribution in [2.45, 2.75) is 58.3 Å². The van der Waals surface area contributed by atoms with Crippen LogP contribution in [0.15, 0.2) is 55.1 Å². The van der Waals surface area contributed by atoms with Crippen molar-refractivity contribution in [3.05, 3.63) is 89.0 Å². The van der Waals surface area contributed by atoms with E-state index in [0.717, 1.165) is 50.5 Å². The number of halogens is 2. The molecule has 0 radical (unpaired) electrons. The van der Waals surface area contributed by atoms with E-state index >= 15 is 0 Å². The molecule has 0 aliphatic heterocycles. The van der Waals surface area contributed by atoms with Crippen molar-refractivity contribution in [3.63, 3.8) is 0 Å². The Morgan fingerprint density at radius 1 is 1.00 bits per heavy atom. The van der Waals surface area contributed by atoms with Crippen molar-refractivity contribution in [1.82, 2.24) is 0 Å². The highest BCUT2D eigenvalue weighted by molar-refractivity contribution is 5.67. The number of hydrogen-bond donors (Lipinski definition) is 0. The topological polar surface area (TPSA) is 0 Å². The standard InChI is InChI=1S/C26H30F2/c1-3-5-6-19-7-9-20(10-8-19)11-12-21-13-15-23(16-14-21)24-18-17-22(4-2)25(27)26(24)28/h3,7-10,15,17-18,21H,1,4-6,11-14,16H2,2H3. The Kier molecular flexibility index (Phi) is 7.19. The number of rotatable bonds is 8. The molecule has 1 aliphatic rings. The lowest BCUT2D eigenvalue weighted by molar-refractivity contribution is 0.448. The van der Waals surface area contributed by atoms with E-state index in [2.05, 4.69) is 36.9 Å². The molecule has 2 aromatic carbocycles. The second-order valence-corrected chi connectivity index (χ2v) is 7.81. The Bertz CT molecular complexity index is 830. The third kappa shape index (κ3) is 4.98. The first kappa shape index (κ1) is 20.5. The fourth-order valence-electron chi connectivity index (χ4n) is 4.02. The minimum absolute atomic E-state index is 0.447. The summed E-state index contributed by atoms with van der Waals surface area (Å²) in [6.07, 6.45) is 11.7. The maximum atomic E-state index is 14.4. The second kappa shape index (κ2) is 9.82. The first-order valence-corrected chi connectivity index (χ1v) is 10.5. The molecule has 2 aromatic rings. The monoisotopic (exact) mass is 380 g/mol. The molecule has 3 rings (SSSR count). The van der Waals surface area contributed by atoms with Crippen LogP contribution in [0.1, 0.15) is 61.3 Å². The Hall–Kier alpha value is -2.22. The lowest BCUT2D eigenvalue weighted by atomic mass is 9.83. The van der Waals surface area contributed by atoms with Gasteiger partial charge in [0.15, 0.2) is 11.6 Å². The molecule has 0 fully saturated rings. The van der Waals surface area contributed by atoms with Crippen LogP contribution in [0.5, 0.6) is 0 Å². The van der Waals surface area contributed by atoms with Crippen LogP contribution in [-0.4, -0.2) is 0 Å². The number of aryl methyl sites for hydroxylation is 3. The van der Waals surface area contributed by atoms with Crippen molar-refractivity contribution in [2.24, 2.45) is 5.92 Å². The van der Waals surface area contributed by atoms with Crippen molar-refractivity contribution in [3.8, 4) is 0 Å². The van der Waals surface area contributed by atoms with Crippen molar-refractivity contribution < 1.29 is 8.78 Å². The van der Waals surface area contributed by atoms with Crippen LogP contribution in [0.25, 0.3) is 5.57 Å². The third-order valence-corrected chi connectivity index (χ3v) is 5.91. The maximum absolute atomic E-state index is 14.4. The molecule has 0 aromatic heterocycles. The van der Waals surface area contributed by atoms with Gasteiger partial charge in [0.2, 0.25) is 0 Å². The Morgan fingerprint density at radius 2 is 1.71 bits per heavy atom. The summed E-state index contributed by atoms with van der Waals surface area (Å²) in [4.78, 5) is 0. The molecular formula is C26H30F2. The Labute approximate surface area is 168 Å². The third-order valence-electron chi connectivity index (χ3n) is 5.91. The fourth-order valence-corrected chi connectivity index (χ4v) is 4.02. The molecule has 1 atom stereocenters. The van der Waals surface area contributed by atoms with Gasteiger partial charge >= 0.3 is 0 Å². The highest BCUT2D eigenvalue weighted by Gasteiger charge is 2.20. The molecule has 148 valence electrons. The van der Waals surface area contributed by atoms with Crippen LogP contribution in [-0.2, 0) is 19.3 Å². The van der Waals surface area contributed by atoms with Gasteiger partial charge in [-0.3, -0.25) is 0 Å². The Morgan fingerprint density at radius 3 is 2.32 bits per heavy atom. The average molecular weight is 381 g/mol. The minimum Gasteiger partial charge on any atom is -0.203 e. The van der Waals surface area contributed by atoms with E-state index in [-0.39, 0.29) is 0 Å². The lowest BCUT2D eigenvalue weighted by Crippen LogP contribution is -2.08. The van der Waals surface area contributed by atoms with Crippen LogP contribution in [0.3, 0.4) is 0 Å². The lowest BCUT2D eigenvalue weighted by Gasteiger charge is -2.23. The zero-order chi connectivity index (χ0) is 19.9. The normalized spacial score (nSPS) is 16.7. The van der Waals surface area contributed by atoms with Gasteiger partial charge in [0.25, 0.3) is 0 Å². The van der Waals surface area contributed by atoms with Gasteiger partial charge in [-0.1, -0.05) is 55.5 Å². The first-order valence-electron chi connectivity index (χ1n) is 10.5. The largest absolute Gasteiger partial charge is 0.203 e. The zero-order valence-electron chi connectivity index (χ0n) is 16.8. The van der Waals surface area contributed by atoms with Gasteiger partial charge < -0.3 is 0 Å². The van der Waals surface area contributed by atoms with Gasteiger partial charge in [-0.15, -0.1) is 6.58 Å². The second-order valence-electron chi connectivity index (χ2n) is 7.81. The van der Waals surface area contributed by atoms with Crippen LogP contribution < -0.4 is 0 Å². The highest BCUT2D eigenvalue weighted by atomic mass is 19.2. The Balaban J connectivity index is 1.55. The molecule has 0 nitrogen and oxygen atoms in total. The number of hydrogen-bond acceptors (Lipinski definition) is 0. The van der Waals surface area contributed by atoms with E-state index in [0.29, 0.717) is 23.5 Å². The molecule has 0 heterocycles. The smallest absolute Gasteiger partial charge is 0.166 e. The summed E-state index contributed by atoms with van der Waals surface area (Å²) in [6, 6.07) is 12.4. The van der Waals surface area contributed by atoms with E-state index in [1.165, 1.54) is 11.1 Å². The molecule has 0 saturated carbocycles. The summed E-state index contributed by atoms with van der Waals surface area (Å²) >= 11 is 0. The van der Waals surface area contributed by atoms with Crippen LogP contribution in [0.4, 0.5) is 8.78 Å². The summed E-state index contributed by atoms with van der Waals surface area (Å²) in [5.41, 5.74) is 4.59. The van der Waals surface area contributed by atoms with Gasteiger partial charge in [0.05, 0.1) is 0 Å². The van der Waals surface area contributed by atoms with Crippen molar-refractivity contribution in [1.29, 1.82) is 0 Å². The van der Waals surface area contributed by atoms with E-state index in [9.17, 15) is 8.78 Å². The SMILES string of the molecule is C=CCCc1ccc(CCC2CC=C(c3ccc(CC)c(F)c3F)CC2)cc1. The predicted molar refractivity (Wildman–Crippen MR) is 114 cm³/mol. The predicted octanol–water partition coefficient (Wildman–Crippen LogP) is 7.46. The highest BCUT2D eigenvalue weighted by Crippen LogP contribution is 2.34. The summed E-state index contributed by atoms with van der Waals surface area (Å²) < 4.78 is 28.5. The summed E-state index contributed by atoms with van der Waals surface area (Å²) in [6.45, 7) is 5.62. The molecule has 2 heteroatoms. The van der Waals surface area contributed by atoms with E-state index in [4.69, 9.17) is 0 Å². The van der Waals surface area contributed by atoms with Crippen LogP contribution in [0, 0.1) is 17.6 Å². The summed E-state index contributed by atoms with van der Waals surface area (Å²) in [5, 5.41) is 0. The van der Waals surface area contributed by atoms with Crippen LogP contribution in [0.2, 0.25) is 0 Å². The zero-order valence-corrected chi connectivity index (χ0v) is 16.8. The average Bonchev–Trinajstić information content (AvgIpc) is 2.74. The summed E-state index contributed by atoms with van der Waals surface area (Å²) in [5.74, 6) is -0.743. The fraction of sp³-hybridized carbons (Fsp3) is 0.385. The summed E-state index contributed by atoms with van der Waals surface area (Å²) in [7, 11) is 0. The molecule has 1 aliphatic carbocycles. The van der Waals surface area contributed by atoms with Crippen molar-refractivity contribution >= 4 is 5.57 Å².